The minimum Gasteiger partial charge on any atom is -0.324 e. The van der Waals surface area contributed by atoms with Gasteiger partial charge in [-0.2, -0.15) is 0 Å². The SMILES string of the molecule is Cc1sc(-c2ncc3c(n2)CC(C)(C)CC3N)cc1Br. The fraction of sp³-hybridized carbons (Fsp3) is 0.467. The van der Waals surface area contributed by atoms with Gasteiger partial charge in [0.25, 0.3) is 0 Å². The Morgan fingerprint density at radius 3 is 2.85 bits per heavy atom. The van der Waals surface area contributed by atoms with Crippen LogP contribution in [0.2, 0.25) is 0 Å². The minimum absolute atomic E-state index is 0.0552. The van der Waals surface area contributed by atoms with Gasteiger partial charge in [-0.05, 0) is 47.2 Å². The van der Waals surface area contributed by atoms with Crippen LogP contribution in [0.25, 0.3) is 10.7 Å². The summed E-state index contributed by atoms with van der Waals surface area (Å²) in [5, 5.41) is 0. The van der Waals surface area contributed by atoms with Crippen LogP contribution >= 0.6 is 27.3 Å². The van der Waals surface area contributed by atoms with Crippen LogP contribution in [-0.4, -0.2) is 9.97 Å². The highest BCUT2D eigenvalue weighted by Gasteiger charge is 2.31. The Labute approximate surface area is 131 Å². The van der Waals surface area contributed by atoms with Crippen LogP contribution in [0.1, 0.15) is 42.4 Å². The molecule has 0 bridgehead atoms. The molecule has 20 heavy (non-hydrogen) atoms. The van der Waals surface area contributed by atoms with E-state index in [1.165, 1.54) is 4.88 Å². The van der Waals surface area contributed by atoms with E-state index in [4.69, 9.17) is 10.7 Å². The number of nitrogens with two attached hydrogens (primary N) is 1. The number of hydrogen-bond donors (Lipinski definition) is 1. The highest BCUT2D eigenvalue weighted by Crippen LogP contribution is 2.39. The van der Waals surface area contributed by atoms with Gasteiger partial charge in [-0.15, -0.1) is 11.3 Å². The maximum Gasteiger partial charge on any atom is 0.169 e. The van der Waals surface area contributed by atoms with E-state index in [0.29, 0.717) is 0 Å². The number of hydrogen-bond acceptors (Lipinski definition) is 4. The van der Waals surface area contributed by atoms with Crippen molar-refractivity contribution in [3.63, 3.8) is 0 Å². The fourth-order valence-electron chi connectivity index (χ4n) is 2.80. The van der Waals surface area contributed by atoms with E-state index >= 15 is 0 Å². The second-order valence-electron chi connectivity index (χ2n) is 6.26. The lowest BCUT2D eigenvalue weighted by Gasteiger charge is -2.34. The topological polar surface area (TPSA) is 51.8 Å². The molecule has 2 heterocycles. The average molecular weight is 352 g/mol. The molecule has 106 valence electrons. The second-order valence-corrected chi connectivity index (χ2v) is 8.37. The summed E-state index contributed by atoms with van der Waals surface area (Å²) in [5.74, 6) is 0.812. The van der Waals surface area contributed by atoms with Crippen LogP contribution in [0.4, 0.5) is 0 Å². The van der Waals surface area contributed by atoms with E-state index < -0.39 is 0 Å². The van der Waals surface area contributed by atoms with Gasteiger partial charge in [0.2, 0.25) is 0 Å². The summed E-state index contributed by atoms with van der Waals surface area (Å²) in [6, 6.07) is 2.15. The molecule has 2 N–H and O–H groups in total. The number of rotatable bonds is 1. The Hall–Kier alpha value is -0.780. The van der Waals surface area contributed by atoms with Crippen molar-refractivity contribution in [2.24, 2.45) is 11.1 Å². The zero-order valence-electron chi connectivity index (χ0n) is 11.9. The van der Waals surface area contributed by atoms with Crippen LogP contribution in [-0.2, 0) is 6.42 Å². The lowest BCUT2D eigenvalue weighted by molar-refractivity contribution is 0.278. The molecule has 0 amide bonds. The molecule has 0 spiro atoms. The van der Waals surface area contributed by atoms with Gasteiger partial charge < -0.3 is 5.73 Å². The van der Waals surface area contributed by atoms with Gasteiger partial charge in [-0.3, -0.25) is 0 Å². The van der Waals surface area contributed by atoms with Gasteiger partial charge in [0, 0.05) is 32.8 Å². The normalized spacial score (nSPS) is 20.8. The van der Waals surface area contributed by atoms with E-state index in [0.717, 1.165) is 39.3 Å². The van der Waals surface area contributed by atoms with Crippen LogP contribution in [0.3, 0.4) is 0 Å². The van der Waals surface area contributed by atoms with E-state index in [1.54, 1.807) is 11.3 Å². The van der Waals surface area contributed by atoms with Gasteiger partial charge >= 0.3 is 0 Å². The third-order valence-corrected chi connectivity index (χ3v) is 5.93. The van der Waals surface area contributed by atoms with Gasteiger partial charge in [-0.25, -0.2) is 9.97 Å². The number of thiophene rings is 1. The predicted molar refractivity (Wildman–Crippen MR) is 86.8 cm³/mol. The summed E-state index contributed by atoms with van der Waals surface area (Å²) >= 11 is 5.27. The molecule has 2 aromatic rings. The van der Waals surface area contributed by atoms with Gasteiger partial charge in [0.05, 0.1) is 4.88 Å². The summed E-state index contributed by atoms with van der Waals surface area (Å²) < 4.78 is 1.12. The lowest BCUT2D eigenvalue weighted by Crippen LogP contribution is -2.30. The van der Waals surface area contributed by atoms with E-state index in [1.807, 2.05) is 6.20 Å². The number of halogens is 1. The van der Waals surface area contributed by atoms with Crippen molar-refractivity contribution in [1.29, 1.82) is 0 Å². The Morgan fingerprint density at radius 2 is 2.20 bits per heavy atom. The van der Waals surface area contributed by atoms with Gasteiger partial charge in [0.15, 0.2) is 5.82 Å². The molecule has 1 aliphatic rings. The summed E-state index contributed by atoms with van der Waals surface area (Å²) in [6.45, 7) is 6.60. The Morgan fingerprint density at radius 1 is 1.45 bits per heavy atom. The highest BCUT2D eigenvalue weighted by atomic mass is 79.9. The van der Waals surface area contributed by atoms with Gasteiger partial charge in [-0.1, -0.05) is 13.8 Å². The number of aryl methyl sites for hydroxylation is 1. The molecule has 2 aromatic heterocycles. The Bertz CT molecular complexity index is 644. The Balaban J connectivity index is 2.05. The number of aromatic nitrogens is 2. The molecule has 0 saturated carbocycles. The monoisotopic (exact) mass is 351 g/mol. The largest absolute Gasteiger partial charge is 0.324 e. The molecular formula is C15H18BrN3S. The molecular weight excluding hydrogens is 334 g/mol. The van der Waals surface area contributed by atoms with Crippen molar-refractivity contribution in [3.8, 4) is 10.7 Å². The Kier molecular flexibility index (Phi) is 3.47. The van der Waals surface area contributed by atoms with Crippen molar-refractivity contribution in [2.75, 3.05) is 0 Å². The quantitative estimate of drug-likeness (QED) is 0.835. The standard InChI is InChI=1S/C15H18BrN3S/c1-8-10(16)4-13(20-8)14-18-7-9-11(17)5-15(2,3)6-12(9)19-14/h4,7,11H,5-6,17H2,1-3H3. The van der Waals surface area contributed by atoms with Crippen molar-refractivity contribution in [1.82, 2.24) is 9.97 Å². The summed E-state index contributed by atoms with van der Waals surface area (Å²) in [6.07, 6.45) is 3.88. The van der Waals surface area contributed by atoms with Crippen LogP contribution in [0.5, 0.6) is 0 Å². The van der Waals surface area contributed by atoms with Crippen molar-refractivity contribution >= 4 is 27.3 Å². The molecule has 5 heteroatoms. The molecule has 1 unspecified atom stereocenters. The highest BCUT2D eigenvalue weighted by molar-refractivity contribution is 9.10. The van der Waals surface area contributed by atoms with Crippen molar-refractivity contribution in [2.45, 2.75) is 39.7 Å². The maximum absolute atomic E-state index is 6.25. The van der Waals surface area contributed by atoms with Crippen LogP contribution in [0.15, 0.2) is 16.7 Å². The third-order valence-electron chi connectivity index (χ3n) is 3.80. The van der Waals surface area contributed by atoms with E-state index in [2.05, 4.69) is 47.8 Å². The van der Waals surface area contributed by atoms with Crippen molar-refractivity contribution < 1.29 is 0 Å². The fourth-order valence-corrected chi connectivity index (χ4v) is 4.27. The first-order valence-electron chi connectivity index (χ1n) is 6.73. The predicted octanol–water partition coefficient (Wildman–Crippen LogP) is 4.25. The van der Waals surface area contributed by atoms with Crippen molar-refractivity contribution in [3.05, 3.63) is 32.9 Å². The molecule has 0 aliphatic heterocycles. The minimum atomic E-state index is 0.0552. The smallest absolute Gasteiger partial charge is 0.169 e. The summed E-state index contributed by atoms with van der Waals surface area (Å²) in [5.41, 5.74) is 8.69. The van der Waals surface area contributed by atoms with Crippen LogP contribution in [0, 0.1) is 12.3 Å². The molecule has 0 aromatic carbocycles. The number of fused-ring (bicyclic) bond motifs is 1. The zero-order valence-corrected chi connectivity index (χ0v) is 14.3. The molecule has 0 saturated heterocycles. The molecule has 1 atom stereocenters. The lowest BCUT2D eigenvalue weighted by atomic mass is 9.74. The second kappa shape index (κ2) is 4.90. The first-order valence-corrected chi connectivity index (χ1v) is 8.34. The first kappa shape index (κ1) is 14.2. The van der Waals surface area contributed by atoms with E-state index in [9.17, 15) is 0 Å². The molecule has 0 radical (unpaired) electrons. The van der Waals surface area contributed by atoms with Crippen LogP contribution < -0.4 is 5.73 Å². The summed E-state index contributed by atoms with van der Waals surface area (Å²) in [7, 11) is 0. The third kappa shape index (κ3) is 2.54. The molecule has 1 aliphatic carbocycles. The zero-order chi connectivity index (χ0) is 14.5. The number of nitrogens with zero attached hydrogens (tertiary/aromatic N) is 2. The maximum atomic E-state index is 6.25. The summed E-state index contributed by atoms with van der Waals surface area (Å²) in [4.78, 5) is 11.6. The van der Waals surface area contributed by atoms with E-state index in [-0.39, 0.29) is 11.5 Å². The molecule has 3 rings (SSSR count). The van der Waals surface area contributed by atoms with Gasteiger partial charge in [0.1, 0.15) is 0 Å². The molecule has 3 nitrogen and oxygen atoms in total. The first-order chi connectivity index (χ1) is 9.35. The average Bonchev–Trinajstić information content (AvgIpc) is 2.67. The molecule has 0 fully saturated rings.